The molecule has 0 aliphatic carbocycles. The van der Waals surface area contributed by atoms with Gasteiger partial charge in [0, 0.05) is 31.9 Å². The number of hydrogen-bond donors (Lipinski definition) is 1. The number of alkyl halides is 2. The van der Waals surface area contributed by atoms with Crippen LogP contribution in [0.5, 0.6) is 11.6 Å². The van der Waals surface area contributed by atoms with Crippen LogP contribution < -0.4 is 10.1 Å². The van der Waals surface area contributed by atoms with Crippen molar-refractivity contribution in [1.82, 2.24) is 19.9 Å². The van der Waals surface area contributed by atoms with Crippen molar-refractivity contribution >= 4 is 11.7 Å². The van der Waals surface area contributed by atoms with E-state index in [1.54, 1.807) is 24.0 Å². The number of pyridine rings is 1. The van der Waals surface area contributed by atoms with Crippen LogP contribution in [0.4, 0.5) is 23.4 Å². The molecular formula is C23H21F4N5O2. The summed E-state index contributed by atoms with van der Waals surface area (Å²) in [6.45, 7) is 1.67. The molecule has 34 heavy (non-hydrogen) atoms. The van der Waals surface area contributed by atoms with E-state index in [1.165, 1.54) is 24.7 Å². The zero-order valence-electron chi connectivity index (χ0n) is 18.1. The number of hydrogen-bond acceptors (Lipinski definition) is 6. The molecule has 0 radical (unpaired) electrons. The Kier molecular flexibility index (Phi) is 6.73. The van der Waals surface area contributed by atoms with Crippen LogP contribution in [0.15, 0.2) is 55.1 Å². The predicted molar refractivity (Wildman–Crippen MR) is 115 cm³/mol. The molecule has 0 bridgehead atoms. The standard InChI is InChI=1S/C23H21F4N5O2/c1-14(32-10-7-23(26,27)16(13-32)15-5-8-28-9-6-15)22(33)31-19-11-30-20(12-29-19)34-21-17(24)3-2-4-18(21)25/h2-6,8-9,11-12,14,16H,7,10,13H2,1H3,(H,29,31,33). The van der Waals surface area contributed by atoms with Crippen molar-refractivity contribution in [2.24, 2.45) is 0 Å². The molecule has 11 heteroatoms. The second-order valence-electron chi connectivity index (χ2n) is 7.90. The lowest BCUT2D eigenvalue weighted by Gasteiger charge is -2.40. The lowest BCUT2D eigenvalue weighted by Crippen LogP contribution is -2.52. The van der Waals surface area contributed by atoms with Crippen molar-refractivity contribution in [3.8, 4) is 11.6 Å². The summed E-state index contributed by atoms with van der Waals surface area (Å²) in [5.41, 5.74) is 0.463. The van der Waals surface area contributed by atoms with Gasteiger partial charge in [-0.05, 0) is 36.8 Å². The van der Waals surface area contributed by atoms with Gasteiger partial charge < -0.3 is 10.1 Å². The number of nitrogens with zero attached hydrogens (tertiary/aromatic N) is 4. The number of carbonyl (C=O) groups excluding carboxylic acids is 1. The first-order valence-electron chi connectivity index (χ1n) is 10.5. The topological polar surface area (TPSA) is 80.2 Å². The molecule has 1 N–H and O–H groups in total. The number of amides is 1. The van der Waals surface area contributed by atoms with Crippen molar-refractivity contribution in [2.75, 3.05) is 18.4 Å². The minimum atomic E-state index is -2.90. The highest BCUT2D eigenvalue weighted by molar-refractivity contribution is 5.93. The molecule has 7 nitrogen and oxygen atoms in total. The smallest absolute Gasteiger partial charge is 0.257 e. The Balaban J connectivity index is 1.39. The summed E-state index contributed by atoms with van der Waals surface area (Å²) in [5.74, 6) is -6.92. The first kappa shape index (κ1) is 23.6. The van der Waals surface area contributed by atoms with Crippen LogP contribution in [0.1, 0.15) is 24.8 Å². The monoisotopic (exact) mass is 475 g/mol. The molecule has 0 saturated carbocycles. The van der Waals surface area contributed by atoms with E-state index in [2.05, 4.69) is 20.3 Å². The molecular weight excluding hydrogens is 454 g/mol. The maximum Gasteiger partial charge on any atom is 0.257 e. The van der Waals surface area contributed by atoms with Crippen molar-refractivity contribution in [1.29, 1.82) is 0 Å². The van der Waals surface area contributed by atoms with E-state index < -0.39 is 41.2 Å². The number of anilines is 1. The Morgan fingerprint density at radius 2 is 1.85 bits per heavy atom. The zero-order valence-corrected chi connectivity index (χ0v) is 18.1. The molecule has 4 rings (SSSR count). The van der Waals surface area contributed by atoms with Crippen LogP contribution in [0.2, 0.25) is 0 Å². The van der Waals surface area contributed by atoms with Crippen molar-refractivity contribution in [3.63, 3.8) is 0 Å². The lowest BCUT2D eigenvalue weighted by atomic mass is 9.87. The molecule has 3 aromatic rings. The van der Waals surface area contributed by atoms with Crippen molar-refractivity contribution < 1.29 is 27.1 Å². The summed E-state index contributed by atoms with van der Waals surface area (Å²) < 4.78 is 61.6. The fraction of sp³-hybridized carbons (Fsp3) is 0.304. The Morgan fingerprint density at radius 3 is 2.50 bits per heavy atom. The van der Waals surface area contributed by atoms with Gasteiger partial charge in [0.15, 0.2) is 17.5 Å². The van der Waals surface area contributed by atoms with Crippen molar-refractivity contribution in [3.05, 3.63) is 72.3 Å². The fourth-order valence-electron chi connectivity index (χ4n) is 3.74. The minimum Gasteiger partial charge on any atom is -0.431 e. The number of para-hydroxylation sites is 1. The molecule has 3 heterocycles. The van der Waals surface area contributed by atoms with Crippen LogP contribution in [0, 0.1) is 11.6 Å². The number of carbonyl (C=O) groups is 1. The van der Waals surface area contributed by atoms with E-state index in [4.69, 9.17) is 4.74 Å². The first-order valence-corrected chi connectivity index (χ1v) is 10.5. The molecule has 0 spiro atoms. The largest absolute Gasteiger partial charge is 0.431 e. The highest BCUT2D eigenvalue weighted by atomic mass is 19.3. The zero-order chi connectivity index (χ0) is 24.3. The van der Waals surface area contributed by atoms with Crippen molar-refractivity contribution in [2.45, 2.75) is 31.2 Å². The minimum absolute atomic E-state index is 0.00173. The lowest BCUT2D eigenvalue weighted by molar-refractivity contribution is -0.125. The van der Waals surface area contributed by atoms with E-state index in [-0.39, 0.29) is 31.2 Å². The Bertz CT molecular complexity index is 1130. The summed E-state index contributed by atoms with van der Waals surface area (Å²) in [6.07, 6.45) is 4.83. The molecule has 2 aromatic heterocycles. The van der Waals surface area contributed by atoms with Crippen LogP contribution >= 0.6 is 0 Å². The molecule has 2 unspecified atom stereocenters. The Hall–Kier alpha value is -3.60. The number of piperidine rings is 1. The van der Waals surface area contributed by atoms with Crippen LogP contribution in [-0.2, 0) is 4.79 Å². The van der Waals surface area contributed by atoms with E-state index in [0.29, 0.717) is 5.56 Å². The maximum absolute atomic E-state index is 14.6. The molecule has 1 aromatic carbocycles. The summed E-state index contributed by atoms with van der Waals surface area (Å²) in [5, 5.41) is 2.57. The number of ether oxygens (including phenoxy) is 1. The average molecular weight is 475 g/mol. The van der Waals surface area contributed by atoms with E-state index in [9.17, 15) is 22.4 Å². The number of likely N-dealkylation sites (tertiary alicyclic amines) is 1. The second-order valence-corrected chi connectivity index (χ2v) is 7.90. The SMILES string of the molecule is CC(C(=O)Nc1cnc(Oc2c(F)cccc2F)cn1)N1CCC(F)(F)C(c2ccncc2)C1. The highest BCUT2D eigenvalue weighted by Crippen LogP contribution is 2.40. The Morgan fingerprint density at radius 1 is 1.15 bits per heavy atom. The van der Waals surface area contributed by atoms with Gasteiger partial charge in [-0.3, -0.25) is 14.7 Å². The van der Waals surface area contributed by atoms with Crippen LogP contribution in [0.3, 0.4) is 0 Å². The molecule has 178 valence electrons. The third-order valence-corrected chi connectivity index (χ3v) is 5.70. The van der Waals surface area contributed by atoms with Crippen LogP contribution in [0.25, 0.3) is 0 Å². The van der Waals surface area contributed by atoms with E-state index >= 15 is 0 Å². The average Bonchev–Trinajstić information content (AvgIpc) is 2.82. The number of halogens is 4. The predicted octanol–water partition coefficient (Wildman–Crippen LogP) is 4.39. The van der Waals surface area contributed by atoms with Gasteiger partial charge in [-0.2, -0.15) is 0 Å². The number of nitrogens with one attached hydrogen (secondary N) is 1. The summed E-state index contributed by atoms with van der Waals surface area (Å²) in [7, 11) is 0. The van der Waals surface area contributed by atoms with Gasteiger partial charge >= 0.3 is 0 Å². The van der Waals surface area contributed by atoms with Gasteiger partial charge in [-0.25, -0.2) is 27.5 Å². The number of aromatic nitrogens is 3. The molecule has 2 atom stereocenters. The summed E-state index contributed by atoms with van der Waals surface area (Å²) in [6, 6.07) is 5.67. The second kappa shape index (κ2) is 9.72. The molecule has 1 amide bonds. The molecule has 1 aliphatic heterocycles. The van der Waals surface area contributed by atoms with Gasteiger partial charge in [-0.1, -0.05) is 6.07 Å². The van der Waals surface area contributed by atoms with Gasteiger partial charge in [0.25, 0.3) is 5.92 Å². The van der Waals surface area contributed by atoms with Crippen LogP contribution in [-0.4, -0.2) is 50.8 Å². The molecule has 1 aliphatic rings. The fourth-order valence-corrected chi connectivity index (χ4v) is 3.74. The summed E-state index contributed by atoms with van der Waals surface area (Å²) in [4.78, 5) is 26.2. The van der Waals surface area contributed by atoms with Gasteiger partial charge in [0.2, 0.25) is 17.5 Å². The van der Waals surface area contributed by atoms with E-state index in [1.807, 2.05) is 0 Å². The third-order valence-electron chi connectivity index (χ3n) is 5.70. The number of benzene rings is 1. The summed E-state index contributed by atoms with van der Waals surface area (Å²) >= 11 is 0. The van der Waals surface area contributed by atoms with E-state index in [0.717, 1.165) is 18.3 Å². The first-order chi connectivity index (χ1) is 16.2. The molecule has 1 saturated heterocycles. The number of rotatable bonds is 6. The normalized spacial score (nSPS) is 18.8. The Labute approximate surface area is 192 Å². The molecule has 1 fully saturated rings. The van der Waals surface area contributed by atoms with Gasteiger partial charge in [0.1, 0.15) is 0 Å². The maximum atomic E-state index is 14.6. The third kappa shape index (κ3) is 5.14. The van der Waals surface area contributed by atoms with Gasteiger partial charge in [-0.15, -0.1) is 0 Å². The highest BCUT2D eigenvalue weighted by Gasteiger charge is 2.46. The quantitative estimate of drug-likeness (QED) is 0.533. The van der Waals surface area contributed by atoms with Gasteiger partial charge in [0.05, 0.1) is 24.4 Å².